The van der Waals surface area contributed by atoms with Gasteiger partial charge in [-0.2, -0.15) is 0 Å². The second-order valence-electron chi connectivity index (χ2n) is 4.88. The normalized spacial score (nSPS) is 12.9. The molecule has 1 heteroatoms. The highest BCUT2D eigenvalue weighted by atomic mass is 15.2. The fourth-order valence-corrected chi connectivity index (χ4v) is 1.95. The number of anilines is 1. The summed E-state index contributed by atoms with van der Waals surface area (Å²) in [6.07, 6.45) is 0. The van der Waals surface area contributed by atoms with Crippen molar-refractivity contribution in [3.63, 3.8) is 0 Å². The van der Waals surface area contributed by atoms with Crippen LogP contribution in [0.4, 0.5) is 5.69 Å². The lowest BCUT2D eigenvalue weighted by molar-refractivity contribution is 0.465. The van der Waals surface area contributed by atoms with E-state index in [9.17, 15) is 0 Å². The minimum absolute atomic E-state index is 0.0469. The lowest BCUT2D eigenvalue weighted by Crippen LogP contribution is -2.46. The summed E-state index contributed by atoms with van der Waals surface area (Å²) in [6.45, 7) is 10.9. The zero-order chi connectivity index (χ0) is 11.6. The molecule has 0 spiro atoms. The van der Waals surface area contributed by atoms with Crippen LogP contribution in [-0.4, -0.2) is 11.6 Å². The molecule has 1 aromatic carbocycles. The Morgan fingerprint density at radius 1 is 1.21 bits per heavy atom. The Balaban J connectivity index is 3.17. The quantitative estimate of drug-likeness (QED) is 0.690. The molecule has 0 saturated heterocycles. The van der Waals surface area contributed by atoms with Gasteiger partial charge in [-0.25, -0.2) is 0 Å². The maximum absolute atomic E-state index is 7.93. The Morgan fingerprint density at radius 2 is 1.86 bits per heavy atom. The van der Waals surface area contributed by atoms with Gasteiger partial charge in [0.05, 0.1) is 1.37 Å². The van der Waals surface area contributed by atoms with Crippen LogP contribution < -0.4 is 4.90 Å². The predicted molar refractivity (Wildman–Crippen MR) is 63.8 cm³/mol. The highest BCUT2D eigenvalue weighted by molar-refractivity contribution is 5.49. The van der Waals surface area contributed by atoms with Crippen molar-refractivity contribution in [1.82, 2.24) is 0 Å². The molecule has 0 bridgehead atoms. The van der Waals surface area contributed by atoms with Gasteiger partial charge in [-0.1, -0.05) is 18.2 Å². The Morgan fingerprint density at radius 3 is 2.29 bits per heavy atom. The van der Waals surface area contributed by atoms with E-state index in [1.54, 1.807) is 0 Å². The lowest BCUT2D eigenvalue weighted by Gasteiger charge is -2.41. The average Bonchev–Trinajstić information content (AvgIpc) is 2.05. The van der Waals surface area contributed by atoms with E-state index in [2.05, 4.69) is 39.5 Å². The van der Waals surface area contributed by atoms with Crippen molar-refractivity contribution in [3.05, 3.63) is 30.3 Å². The molecular formula is C13H21N. The third-order valence-corrected chi connectivity index (χ3v) is 2.19. The molecule has 1 rings (SSSR count). The Bertz CT molecular complexity index is 326. The van der Waals surface area contributed by atoms with Gasteiger partial charge in [0.15, 0.2) is 0 Å². The van der Waals surface area contributed by atoms with E-state index < -0.39 is 0 Å². The second-order valence-corrected chi connectivity index (χ2v) is 4.88. The lowest BCUT2D eigenvalue weighted by atomic mass is 10.0. The minimum Gasteiger partial charge on any atom is -0.364 e. The summed E-state index contributed by atoms with van der Waals surface area (Å²) < 4.78 is 7.93. The largest absolute Gasteiger partial charge is 0.364 e. The Hall–Kier alpha value is -0.980. The molecule has 0 amide bonds. The monoisotopic (exact) mass is 192 g/mol. The van der Waals surface area contributed by atoms with Gasteiger partial charge in [-0.3, -0.25) is 0 Å². The van der Waals surface area contributed by atoms with Crippen molar-refractivity contribution in [2.45, 2.75) is 46.2 Å². The molecule has 0 aromatic heterocycles. The van der Waals surface area contributed by atoms with E-state index in [-0.39, 0.29) is 5.54 Å². The van der Waals surface area contributed by atoms with Crippen LogP contribution in [0.2, 0.25) is 0 Å². The Kier molecular flexibility index (Phi) is 2.76. The summed E-state index contributed by atoms with van der Waals surface area (Å²) >= 11 is 0. The third-order valence-electron chi connectivity index (χ3n) is 2.19. The van der Waals surface area contributed by atoms with Crippen molar-refractivity contribution in [1.29, 1.82) is 0 Å². The van der Waals surface area contributed by atoms with E-state index in [0.717, 1.165) is 5.69 Å². The first kappa shape index (κ1) is 9.57. The molecule has 0 atom stereocenters. The van der Waals surface area contributed by atoms with Crippen molar-refractivity contribution < 1.29 is 1.37 Å². The topological polar surface area (TPSA) is 3.24 Å². The van der Waals surface area contributed by atoms with E-state index in [1.165, 1.54) is 0 Å². The maximum Gasteiger partial charge on any atom is 0.0645 e. The summed E-state index contributed by atoms with van der Waals surface area (Å²) in [7, 11) is 0. The summed E-state index contributed by atoms with van der Waals surface area (Å²) in [6, 6.07) is 8.77. The maximum atomic E-state index is 7.93. The van der Waals surface area contributed by atoms with Crippen LogP contribution in [0, 0.1) is 0 Å². The third kappa shape index (κ3) is 2.50. The summed E-state index contributed by atoms with van der Waals surface area (Å²) in [5, 5.41) is 0. The van der Waals surface area contributed by atoms with Crippen LogP contribution in [0.3, 0.4) is 0 Å². The van der Waals surface area contributed by atoms with E-state index in [0.29, 0.717) is 12.1 Å². The van der Waals surface area contributed by atoms with Crippen LogP contribution in [0.25, 0.3) is 0 Å². The van der Waals surface area contributed by atoms with Crippen molar-refractivity contribution >= 4 is 5.69 Å². The Labute approximate surface area is 89.2 Å². The molecule has 0 saturated carbocycles. The molecule has 0 fully saturated rings. The molecule has 1 aromatic rings. The smallest absolute Gasteiger partial charge is 0.0645 e. The number of nitrogens with zero attached hydrogens (tertiary/aromatic N) is 1. The van der Waals surface area contributed by atoms with Crippen LogP contribution in [0.15, 0.2) is 30.3 Å². The fraction of sp³-hybridized carbons (Fsp3) is 0.538. The van der Waals surface area contributed by atoms with Crippen molar-refractivity contribution in [2.24, 2.45) is 0 Å². The first-order valence-electron chi connectivity index (χ1n) is 5.69. The molecule has 0 N–H and O–H groups in total. The number of hydrogen-bond acceptors (Lipinski definition) is 1. The molecule has 0 unspecified atom stereocenters. The standard InChI is InChI=1S/C13H21N/c1-11(2)14(13(3,4)5)12-9-7-6-8-10-12/h6-11H,1-5H3/i9D. The molecule has 1 nitrogen and oxygen atoms in total. The number of hydrogen-bond donors (Lipinski definition) is 0. The van der Waals surface area contributed by atoms with Crippen LogP contribution in [-0.2, 0) is 0 Å². The fourth-order valence-electron chi connectivity index (χ4n) is 1.95. The zero-order valence-corrected chi connectivity index (χ0v) is 9.83. The van der Waals surface area contributed by atoms with Crippen LogP contribution >= 0.6 is 0 Å². The van der Waals surface area contributed by atoms with Gasteiger partial charge in [0.25, 0.3) is 0 Å². The second kappa shape index (κ2) is 4.04. The van der Waals surface area contributed by atoms with E-state index in [1.807, 2.05) is 24.3 Å². The molecule has 14 heavy (non-hydrogen) atoms. The number of rotatable bonds is 2. The highest BCUT2D eigenvalue weighted by Gasteiger charge is 2.23. The van der Waals surface area contributed by atoms with E-state index in [4.69, 9.17) is 1.37 Å². The minimum atomic E-state index is 0.0469. The molecule has 0 aliphatic heterocycles. The molecule has 0 aliphatic carbocycles. The predicted octanol–water partition coefficient (Wildman–Crippen LogP) is 3.70. The van der Waals surface area contributed by atoms with Gasteiger partial charge >= 0.3 is 0 Å². The first-order chi connectivity index (χ1) is 6.84. The van der Waals surface area contributed by atoms with E-state index >= 15 is 0 Å². The van der Waals surface area contributed by atoms with Crippen LogP contribution in [0.5, 0.6) is 0 Å². The summed E-state index contributed by atoms with van der Waals surface area (Å²) in [4.78, 5) is 2.29. The molecule has 0 heterocycles. The van der Waals surface area contributed by atoms with Crippen molar-refractivity contribution in [3.8, 4) is 0 Å². The van der Waals surface area contributed by atoms with Gasteiger partial charge in [0.1, 0.15) is 0 Å². The molecule has 78 valence electrons. The van der Waals surface area contributed by atoms with Gasteiger partial charge in [0.2, 0.25) is 0 Å². The van der Waals surface area contributed by atoms with Crippen LogP contribution in [0.1, 0.15) is 36.0 Å². The first-order valence-corrected chi connectivity index (χ1v) is 5.19. The highest BCUT2D eigenvalue weighted by Crippen LogP contribution is 2.25. The molecule has 0 aliphatic rings. The van der Waals surface area contributed by atoms with Gasteiger partial charge in [-0.05, 0) is 46.7 Å². The van der Waals surface area contributed by atoms with Crippen molar-refractivity contribution in [2.75, 3.05) is 4.90 Å². The SMILES string of the molecule is [2H]c1ccccc1N(C(C)C)C(C)(C)C. The average molecular weight is 192 g/mol. The number of benzene rings is 1. The van der Waals surface area contributed by atoms with Gasteiger partial charge in [0, 0.05) is 17.3 Å². The van der Waals surface area contributed by atoms with Gasteiger partial charge in [-0.15, -0.1) is 0 Å². The summed E-state index contributed by atoms with van der Waals surface area (Å²) in [5.41, 5.74) is 1.06. The molecule has 0 radical (unpaired) electrons. The summed E-state index contributed by atoms with van der Waals surface area (Å²) in [5.74, 6) is 0. The number of para-hydroxylation sites is 1. The van der Waals surface area contributed by atoms with Gasteiger partial charge < -0.3 is 4.90 Å². The zero-order valence-electron chi connectivity index (χ0n) is 10.8. The molecular weight excluding hydrogens is 170 g/mol.